The molecule has 0 N–H and O–H groups in total. The van der Waals surface area contributed by atoms with Gasteiger partial charge in [0, 0.05) is 0 Å². The van der Waals surface area contributed by atoms with Gasteiger partial charge in [-0.3, -0.25) is 0 Å². The Hall–Kier alpha value is 0.0649. The Morgan fingerprint density at radius 3 is 2.40 bits per heavy atom. The SMILES string of the molecule is [B]C1C[C@H](C)C(C)(CC)C1. The fraction of sp³-hybridized carbons (Fsp3) is 1.00. The van der Waals surface area contributed by atoms with E-state index in [0.717, 1.165) is 5.92 Å². The van der Waals surface area contributed by atoms with E-state index in [4.69, 9.17) is 7.85 Å². The summed E-state index contributed by atoms with van der Waals surface area (Å²) in [5, 5.41) is 0. The smallest absolute Gasteiger partial charge is 0.0699 e. The molecule has 0 aromatic rings. The van der Waals surface area contributed by atoms with Gasteiger partial charge in [0.05, 0.1) is 7.85 Å². The largest absolute Gasteiger partial charge is 0.0766 e. The topological polar surface area (TPSA) is 0 Å². The van der Waals surface area contributed by atoms with Crippen molar-refractivity contribution in [3.8, 4) is 0 Å². The third-order valence-electron chi connectivity index (χ3n) is 3.38. The maximum absolute atomic E-state index is 5.88. The molecule has 0 aromatic heterocycles. The molecule has 0 aromatic carbocycles. The molecule has 0 heterocycles. The standard InChI is InChI=1S/C9H17B/c1-4-9(3)6-8(10)5-7(9)2/h7-8H,4-6H2,1-3H3/t7-,8?,9?/m0/s1. The Kier molecular flexibility index (Phi) is 2.12. The van der Waals surface area contributed by atoms with Crippen molar-refractivity contribution in [1.82, 2.24) is 0 Å². The highest BCUT2D eigenvalue weighted by Crippen LogP contribution is 2.49. The van der Waals surface area contributed by atoms with Crippen LogP contribution in [0.3, 0.4) is 0 Å². The van der Waals surface area contributed by atoms with Gasteiger partial charge in [0.15, 0.2) is 0 Å². The van der Waals surface area contributed by atoms with Crippen LogP contribution in [0.2, 0.25) is 5.82 Å². The monoisotopic (exact) mass is 136 g/mol. The normalized spacial score (nSPS) is 47.9. The van der Waals surface area contributed by atoms with Crippen LogP contribution in [0.25, 0.3) is 0 Å². The zero-order valence-electron chi connectivity index (χ0n) is 7.35. The highest BCUT2D eigenvalue weighted by Gasteiger charge is 2.37. The van der Waals surface area contributed by atoms with E-state index in [2.05, 4.69) is 20.8 Å². The van der Waals surface area contributed by atoms with Gasteiger partial charge in [0.2, 0.25) is 0 Å². The van der Waals surface area contributed by atoms with Gasteiger partial charge in [-0.2, -0.15) is 0 Å². The molecule has 3 atom stereocenters. The third-order valence-corrected chi connectivity index (χ3v) is 3.38. The summed E-state index contributed by atoms with van der Waals surface area (Å²) in [5.74, 6) is 1.30. The van der Waals surface area contributed by atoms with Gasteiger partial charge in [-0.05, 0) is 11.3 Å². The molecule has 2 unspecified atom stereocenters. The van der Waals surface area contributed by atoms with Gasteiger partial charge in [0.1, 0.15) is 0 Å². The molecule has 1 aliphatic carbocycles. The molecule has 1 aliphatic rings. The minimum atomic E-state index is 0.472. The van der Waals surface area contributed by atoms with Crippen LogP contribution in [0.1, 0.15) is 40.0 Å². The minimum Gasteiger partial charge on any atom is -0.0766 e. The van der Waals surface area contributed by atoms with Crippen LogP contribution in [-0.4, -0.2) is 7.85 Å². The first-order chi connectivity index (χ1) is 4.58. The molecule has 56 valence electrons. The van der Waals surface area contributed by atoms with Crippen LogP contribution >= 0.6 is 0 Å². The van der Waals surface area contributed by atoms with E-state index in [1.54, 1.807) is 0 Å². The molecule has 0 aliphatic heterocycles. The van der Waals surface area contributed by atoms with Crippen molar-refractivity contribution in [3.05, 3.63) is 0 Å². The van der Waals surface area contributed by atoms with Crippen LogP contribution in [0, 0.1) is 11.3 Å². The van der Waals surface area contributed by atoms with Crippen molar-refractivity contribution in [3.63, 3.8) is 0 Å². The molecule has 0 nitrogen and oxygen atoms in total. The van der Waals surface area contributed by atoms with Crippen molar-refractivity contribution >= 4 is 7.85 Å². The zero-order valence-corrected chi connectivity index (χ0v) is 7.35. The highest BCUT2D eigenvalue weighted by atomic mass is 14.4. The summed E-state index contributed by atoms with van der Waals surface area (Å²) in [6.07, 6.45) is 3.73. The molecule has 0 bridgehead atoms. The van der Waals surface area contributed by atoms with Gasteiger partial charge in [-0.1, -0.05) is 45.9 Å². The van der Waals surface area contributed by atoms with Crippen molar-refractivity contribution in [2.75, 3.05) is 0 Å². The molecular weight excluding hydrogens is 119 g/mol. The quantitative estimate of drug-likeness (QED) is 0.486. The molecule has 0 spiro atoms. The number of hydrogen-bond acceptors (Lipinski definition) is 0. The molecule has 2 radical (unpaired) electrons. The molecule has 1 fully saturated rings. The molecule has 0 saturated heterocycles. The van der Waals surface area contributed by atoms with Crippen molar-refractivity contribution in [1.29, 1.82) is 0 Å². The fourth-order valence-electron chi connectivity index (χ4n) is 2.11. The van der Waals surface area contributed by atoms with E-state index in [1.807, 2.05) is 0 Å². The maximum atomic E-state index is 5.88. The summed E-state index contributed by atoms with van der Waals surface area (Å²) in [4.78, 5) is 0. The minimum absolute atomic E-state index is 0.472. The van der Waals surface area contributed by atoms with Gasteiger partial charge < -0.3 is 0 Å². The second-order valence-electron chi connectivity index (χ2n) is 4.11. The first-order valence-corrected chi connectivity index (χ1v) is 4.34. The van der Waals surface area contributed by atoms with Crippen LogP contribution in [-0.2, 0) is 0 Å². The van der Waals surface area contributed by atoms with E-state index in [1.165, 1.54) is 19.3 Å². The lowest BCUT2D eigenvalue weighted by Crippen LogP contribution is -2.17. The van der Waals surface area contributed by atoms with Crippen LogP contribution < -0.4 is 0 Å². The Labute approximate surface area is 65.8 Å². The lowest BCUT2D eigenvalue weighted by atomic mass is 9.77. The second kappa shape index (κ2) is 2.60. The van der Waals surface area contributed by atoms with Gasteiger partial charge in [-0.25, -0.2) is 0 Å². The van der Waals surface area contributed by atoms with Gasteiger partial charge in [-0.15, -0.1) is 0 Å². The summed E-state index contributed by atoms with van der Waals surface area (Å²) >= 11 is 0. The molecule has 0 amide bonds. The molecule has 10 heavy (non-hydrogen) atoms. The summed E-state index contributed by atoms with van der Waals surface area (Å²) < 4.78 is 0. The Balaban J connectivity index is 2.61. The van der Waals surface area contributed by atoms with E-state index >= 15 is 0 Å². The van der Waals surface area contributed by atoms with Gasteiger partial charge >= 0.3 is 0 Å². The van der Waals surface area contributed by atoms with Crippen molar-refractivity contribution in [2.24, 2.45) is 11.3 Å². The van der Waals surface area contributed by atoms with Crippen molar-refractivity contribution in [2.45, 2.75) is 45.9 Å². The predicted molar refractivity (Wildman–Crippen MR) is 46.3 cm³/mol. The summed E-state index contributed by atoms with van der Waals surface area (Å²) in [7, 11) is 5.88. The highest BCUT2D eigenvalue weighted by molar-refractivity contribution is 6.11. The Bertz CT molecular complexity index is 122. The number of rotatable bonds is 1. The average molecular weight is 136 g/mol. The van der Waals surface area contributed by atoms with Crippen molar-refractivity contribution < 1.29 is 0 Å². The lowest BCUT2D eigenvalue weighted by molar-refractivity contribution is 0.236. The lowest BCUT2D eigenvalue weighted by Gasteiger charge is -2.27. The fourth-order valence-corrected chi connectivity index (χ4v) is 2.11. The summed E-state index contributed by atoms with van der Waals surface area (Å²) in [5.41, 5.74) is 0.541. The van der Waals surface area contributed by atoms with Gasteiger partial charge in [0.25, 0.3) is 0 Å². The second-order valence-corrected chi connectivity index (χ2v) is 4.11. The maximum Gasteiger partial charge on any atom is 0.0699 e. The van der Waals surface area contributed by atoms with Crippen LogP contribution in [0.5, 0.6) is 0 Å². The summed E-state index contributed by atoms with van der Waals surface area (Å²) in [6.45, 7) is 6.97. The zero-order chi connectivity index (χ0) is 7.78. The Morgan fingerprint density at radius 1 is 1.60 bits per heavy atom. The predicted octanol–water partition coefficient (Wildman–Crippen LogP) is 2.79. The molecular formula is C9H17B. The number of hydrogen-bond donors (Lipinski definition) is 0. The molecule has 1 rings (SSSR count). The molecule has 1 saturated carbocycles. The Morgan fingerprint density at radius 2 is 2.20 bits per heavy atom. The summed E-state index contributed by atoms with van der Waals surface area (Å²) in [6, 6.07) is 0. The molecule has 1 heteroatoms. The van der Waals surface area contributed by atoms with Crippen LogP contribution in [0.4, 0.5) is 0 Å². The first-order valence-electron chi connectivity index (χ1n) is 4.34. The van der Waals surface area contributed by atoms with E-state index in [9.17, 15) is 0 Å². The third kappa shape index (κ3) is 1.23. The van der Waals surface area contributed by atoms with Crippen LogP contribution in [0.15, 0.2) is 0 Å². The van der Waals surface area contributed by atoms with E-state index in [0.29, 0.717) is 11.2 Å². The first kappa shape index (κ1) is 8.16. The average Bonchev–Trinajstić information content (AvgIpc) is 2.09. The van der Waals surface area contributed by atoms with E-state index < -0.39 is 0 Å². The van der Waals surface area contributed by atoms with E-state index in [-0.39, 0.29) is 0 Å².